The molecule has 0 saturated carbocycles. The molecule has 0 atom stereocenters. The van der Waals surface area contributed by atoms with Gasteiger partial charge in [0.25, 0.3) is 0 Å². The van der Waals surface area contributed by atoms with E-state index in [9.17, 15) is 13.2 Å². The van der Waals surface area contributed by atoms with Crippen molar-refractivity contribution >= 4 is 0 Å². The van der Waals surface area contributed by atoms with E-state index in [1.165, 1.54) is 6.08 Å². The van der Waals surface area contributed by atoms with Gasteiger partial charge in [-0.15, -0.1) is 5.73 Å². The number of alkyl halides is 3. The van der Waals surface area contributed by atoms with E-state index < -0.39 is 11.7 Å². The van der Waals surface area contributed by atoms with E-state index in [2.05, 4.69) is 5.73 Å². The second-order valence-corrected chi connectivity index (χ2v) is 3.36. The highest BCUT2D eigenvalue weighted by Crippen LogP contribution is 2.33. The van der Waals surface area contributed by atoms with E-state index in [-0.39, 0.29) is 12.3 Å². The van der Waals surface area contributed by atoms with Crippen molar-refractivity contribution in [3.05, 3.63) is 29.0 Å². The Balaban J connectivity index is 2.84. The van der Waals surface area contributed by atoms with Gasteiger partial charge in [-0.05, 0) is 12.0 Å². The maximum atomic E-state index is 12.2. The summed E-state index contributed by atoms with van der Waals surface area (Å²) in [7, 11) is 0. The molecule has 0 bridgehead atoms. The molecule has 3 heteroatoms. The van der Waals surface area contributed by atoms with Gasteiger partial charge < -0.3 is 0 Å². The van der Waals surface area contributed by atoms with Gasteiger partial charge in [-0.1, -0.05) is 25.5 Å². The first-order valence-electron chi connectivity index (χ1n) is 4.13. The first-order chi connectivity index (χ1) is 5.91. The Labute approximate surface area is 75.4 Å². The fourth-order valence-corrected chi connectivity index (χ4v) is 1.14. The van der Waals surface area contributed by atoms with Crippen molar-refractivity contribution in [3.63, 3.8) is 0 Å². The Morgan fingerprint density at radius 2 is 2.00 bits per heavy atom. The summed E-state index contributed by atoms with van der Waals surface area (Å²) < 4.78 is 36.7. The molecular formula is C10H11F3. The van der Waals surface area contributed by atoms with E-state index in [1.807, 2.05) is 13.8 Å². The average Bonchev–Trinajstić information content (AvgIpc) is 2.03. The average molecular weight is 188 g/mol. The lowest BCUT2D eigenvalue weighted by molar-refractivity contribution is -0.0931. The number of rotatable bonds is 1. The van der Waals surface area contributed by atoms with Crippen molar-refractivity contribution in [1.29, 1.82) is 0 Å². The molecule has 0 radical (unpaired) electrons. The normalized spacial score (nSPS) is 17.4. The van der Waals surface area contributed by atoms with Crippen LogP contribution in [0.25, 0.3) is 0 Å². The molecule has 0 aromatic rings. The van der Waals surface area contributed by atoms with Crippen LogP contribution in [0.15, 0.2) is 29.0 Å². The summed E-state index contributed by atoms with van der Waals surface area (Å²) >= 11 is 0. The molecule has 0 saturated heterocycles. The maximum Gasteiger partial charge on any atom is 0.420 e. The van der Waals surface area contributed by atoms with E-state index in [4.69, 9.17) is 0 Å². The highest BCUT2D eigenvalue weighted by molar-refractivity contribution is 5.29. The largest absolute Gasteiger partial charge is 0.420 e. The lowest BCUT2D eigenvalue weighted by Crippen LogP contribution is -2.14. The van der Waals surface area contributed by atoms with E-state index >= 15 is 0 Å². The minimum atomic E-state index is -4.23. The Kier molecular flexibility index (Phi) is 2.67. The first-order valence-corrected chi connectivity index (χ1v) is 4.13. The van der Waals surface area contributed by atoms with E-state index in [1.54, 1.807) is 6.08 Å². The zero-order chi connectivity index (χ0) is 10.1. The van der Waals surface area contributed by atoms with Crippen molar-refractivity contribution in [2.24, 2.45) is 5.92 Å². The van der Waals surface area contributed by atoms with Crippen LogP contribution < -0.4 is 0 Å². The van der Waals surface area contributed by atoms with Crippen LogP contribution in [-0.2, 0) is 0 Å². The van der Waals surface area contributed by atoms with Crippen LogP contribution in [0.3, 0.4) is 0 Å². The Morgan fingerprint density at radius 1 is 1.38 bits per heavy atom. The van der Waals surface area contributed by atoms with Crippen molar-refractivity contribution in [1.82, 2.24) is 0 Å². The molecular weight excluding hydrogens is 177 g/mol. The van der Waals surface area contributed by atoms with Crippen LogP contribution in [0.1, 0.15) is 20.3 Å². The van der Waals surface area contributed by atoms with Gasteiger partial charge >= 0.3 is 6.18 Å². The monoisotopic (exact) mass is 188 g/mol. The van der Waals surface area contributed by atoms with Crippen molar-refractivity contribution in [3.8, 4) is 0 Å². The molecule has 13 heavy (non-hydrogen) atoms. The van der Waals surface area contributed by atoms with Crippen LogP contribution in [-0.4, -0.2) is 6.18 Å². The van der Waals surface area contributed by atoms with Gasteiger partial charge in [0, 0.05) is 6.42 Å². The molecule has 1 aliphatic rings. The Hall–Kier alpha value is -0.950. The molecule has 1 aliphatic carbocycles. The third-order valence-electron chi connectivity index (χ3n) is 2.02. The van der Waals surface area contributed by atoms with Gasteiger partial charge in [0.2, 0.25) is 0 Å². The highest BCUT2D eigenvalue weighted by atomic mass is 19.4. The van der Waals surface area contributed by atoms with Crippen LogP contribution in [0.2, 0.25) is 0 Å². The second kappa shape index (κ2) is 3.43. The smallest absolute Gasteiger partial charge is 0.166 e. The van der Waals surface area contributed by atoms with E-state index in [0.717, 1.165) is 5.57 Å². The minimum Gasteiger partial charge on any atom is -0.166 e. The van der Waals surface area contributed by atoms with Crippen molar-refractivity contribution < 1.29 is 13.2 Å². The second-order valence-electron chi connectivity index (χ2n) is 3.36. The summed E-state index contributed by atoms with van der Waals surface area (Å²) in [6.45, 7) is 3.78. The van der Waals surface area contributed by atoms with Gasteiger partial charge in [-0.3, -0.25) is 0 Å². The standard InChI is InChI=1S/C10H11F3/c1-7(2)8-4-3-5-9(6-8)10(11,12)13/h3-4,7H,6H2,1-2H3. The predicted molar refractivity (Wildman–Crippen MR) is 45.2 cm³/mol. The fraction of sp³-hybridized carbons (Fsp3) is 0.500. The first kappa shape index (κ1) is 10.1. The quantitative estimate of drug-likeness (QED) is 0.551. The molecule has 0 spiro atoms. The van der Waals surface area contributed by atoms with Crippen LogP contribution in [0.4, 0.5) is 13.2 Å². The van der Waals surface area contributed by atoms with Gasteiger partial charge in [-0.25, -0.2) is 0 Å². The van der Waals surface area contributed by atoms with Crippen LogP contribution in [0, 0.1) is 5.92 Å². The van der Waals surface area contributed by atoms with Gasteiger partial charge in [0.05, 0.1) is 5.57 Å². The lowest BCUT2D eigenvalue weighted by atomic mass is 9.93. The molecule has 0 aromatic carbocycles. The van der Waals surface area contributed by atoms with Crippen molar-refractivity contribution in [2.45, 2.75) is 26.4 Å². The molecule has 0 unspecified atom stereocenters. The molecule has 0 amide bonds. The topological polar surface area (TPSA) is 0 Å². The summed E-state index contributed by atoms with van der Waals surface area (Å²) in [6, 6.07) is 0. The minimum absolute atomic E-state index is 0.0162. The number of halogens is 3. The zero-order valence-corrected chi connectivity index (χ0v) is 7.57. The summed E-state index contributed by atoms with van der Waals surface area (Å²) in [5.41, 5.74) is 2.47. The Morgan fingerprint density at radius 3 is 2.46 bits per heavy atom. The molecule has 72 valence electrons. The van der Waals surface area contributed by atoms with E-state index in [0.29, 0.717) is 0 Å². The molecule has 0 fully saturated rings. The zero-order valence-electron chi connectivity index (χ0n) is 7.57. The number of hydrogen-bond acceptors (Lipinski definition) is 0. The fourth-order valence-electron chi connectivity index (χ4n) is 1.14. The SMILES string of the molecule is CC(C)C1=CC=C=C(C(F)(F)F)C1. The molecule has 1 rings (SSSR count). The Bertz CT molecular complexity index is 286. The lowest BCUT2D eigenvalue weighted by Gasteiger charge is -2.16. The summed E-state index contributed by atoms with van der Waals surface area (Å²) in [4.78, 5) is 0. The van der Waals surface area contributed by atoms with Gasteiger partial charge in [0.15, 0.2) is 0 Å². The summed E-state index contributed by atoms with van der Waals surface area (Å²) in [5.74, 6) is 0.163. The van der Waals surface area contributed by atoms with Crippen molar-refractivity contribution in [2.75, 3.05) is 0 Å². The molecule has 0 nitrogen and oxygen atoms in total. The van der Waals surface area contributed by atoms with Crippen LogP contribution in [0.5, 0.6) is 0 Å². The summed E-state index contributed by atoms with van der Waals surface area (Å²) in [5, 5.41) is 0. The molecule has 0 heterocycles. The maximum absolute atomic E-state index is 12.2. The molecule has 0 N–H and O–H groups in total. The highest BCUT2D eigenvalue weighted by Gasteiger charge is 2.34. The third kappa shape index (κ3) is 2.49. The van der Waals surface area contributed by atoms with Gasteiger partial charge in [-0.2, -0.15) is 13.2 Å². The third-order valence-corrected chi connectivity index (χ3v) is 2.02. The number of allylic oxidation sites excluding steroid dienone is 3. The number of hydrogen-bond donors (Lipinski definition) is 0. The van der Waals surface area contributed by atoms with Gasteiger partial charge in [0.1, 0.15) is 0 Å². The molecule has 0 aliphatic heterocycles. The molecule has 0 aromatic heterocycles. The predicted octanol–water partition coefficient (Wildman–Crippen LogP) is 3.62. The van der Waals surface area contributed by atoms with Crippen LogP contribution >= 0.6 is 0 Å². The summed E-state index contributed by atoms with van der Waals surface area (Å²) in [6.07, 6.45) is -1.19.